The van der Waals surface area contributed by atoms with Crippen molar-refractivity contribution in [3.63, 3.8) is 0 Å². The van der Waals surface area contributed by atoms with Crippen LogP contribution >= 0.6 is 0 Å². The Morgan fingerprint density at radius 2 is 1.95 bits per heavy atom. The summed E-state index contributed by atoms with van der Waals surface area (Å²) in [7, 11) is 0. The second-order valence-electron chi connectivity index (χ2n) is 5.97. The first-order chi connectivity index (χ1) is 10.6. The normalized spacial score (nSPS) is 11.1. The highest BCUT2D eigenvalue weighted by Crippen LogP contribution is 2.16. The third kappa shape index (κ3) is 4.28. The lowest BCUT2D eigenvalue weighted by Gasteiger charge is -2.12. The second-order valence-corrected chi connectivity index (χ2v) is 5.97. The van der Waals surface area contributed by atoms with Crippen LogP contribution in [0.5, 0.6) is 0 Å². The van der Waals surface area contributed by atoms with E-state index in [2.05, 4.69) is 31.2 Å². The second kappa shape index (κ2) is 7.90. The van der Waals surface area contributed by atoms with E-state index in [9.17, 15) is 4.79 Å². The molecule has 0 atom stereocenters. The SMILES string of the molecule is CCCn1nc(-c2ccccc2)cc(CNCC(C)C)c1=O. The van der Waals surface area contributed by atoms with Gasteiger partial charge in [0.05, 0.1) is 5.69 Å². The number of hydrogen-bond donors (Lipinski definition) is 1. The predicted octanol–water partition coefficient (Wildman–Crippen LogP) is 3.07. The molecule has 0 fully saturated rings. The summed E-state index contributed by atoms with van der Waals surface area (Å²) in [6.45, 7) is 8.50. The summed E-state index contributed by atoms with van der Waals surface area (Å²) >= 11 is 0. The van der Waals surface area contributed by atoms with Crippen molar-refractivity contribution in [3.05, 3.63) is 52.3 Å². The first kappa shape index (κ1) is 16.4. The van der Waals surface area contributed by atoms with Crippen LogP contribution in [0.1, 0.15) is 32.8 Å². The Balaban J connectivity index is 2.35. The predicted molar refractivity (Wildman–Crippen MR) is 90.8 cm³/mol. The Labute approximate surface area is 132 Å². The van der Waals surface area contributed by atoms with Gasteiger partial charge in [0.1, 0.15) is 0 Å². The fourth-order valence-electron chi connectivity index (χ4n) is 2.33. The summed E-state index contributed by atoms with van der Waals surface area (Å²) in [5, 5.41) is 7.86. The molecule has 0 aliphatic heterocycles. The fraction of sp³-hybridized carbons (Fsp3) is 0.444. The van der Waals surface area contributed by atoms with Crippen molar-refractivity contribution in [3.8, 4) is 11.3 Å². The highest BCUT2D eigenvalue weighted by atomic mass is 16.1. The molecule has 0 spiro atoms. The van der Waals surface area contributed by atoms with Crippen LogP contribution in [0.15, 0.2) is 41.2 Å². The molecule has 0 saturated heterocycles. The zero-order valence-electron chi connectivity index (χ0n) is 13.7. The van der Waals surface area contributed by atoms with E-state index in [0.29, 0.717) is 19.0 Å². The van der Waals surface area contributed by atoms with Gasteiger partial charge in [-0.05, 0) is 24.9 Å². The van der Waals surface area contributed by atoms with Gasteiger partial charge in [-0.1, -0.05) is 51.1 Å². The first-order valence-electron chi connectivity index (χ1n) is 7.99. The Bertz CT molecular complexity index is 647. The molecule has 2 rings (SSSR count). The lowest BCUT2D eigenvalue weighted by molar-refractivity contribution is 0.533. The Morgan fingerprint density at radius 3 is 2.59 bits per heavy atom. The van der Waals surface area contributed by atoms with E-state index >= 15 is 0 Å². The van der Waals surface area contributed by atoms with Gasteiger partial charge in [0.2, 0.25) is 0 Å². The third-order valence-corrected chi connectivity index (χ3v) is 3.42. The van der Waals surface area contributed by atoms with Gasteiger partial charge in [-0.3, -0.25) is 4.79 Å². The number of aryl methyl sites for hydroxylation is 1. The molecule has 0 unspecified atom stereocenters. The molecule has 1 heterocycles. The summed E-state index contributed by atoms with van der Waals surface area (Å²) in [4.78, 5) is 12.5. The van der Waals surface area contributed by atoms with E-state index < -0.39 is 0 Å². The van der Waals surface area contributed by atoms with Crippen molar-refractivity contribution in [1.82, 2.24) is 15.1 Å². The van der Waals surface area contributed by atoms with Crippen LogP contribution in [0, 0.1) is 5.92 Å². The molecule has 1 N–H and O–H groups in total. The summed E-state index contributed by atoms with van der Waals surface area (Å²) < 4.78 is 1.59. The van der Waals surface area contributed by atoms with Crippen LogP contribution in [-0.4, -0.2) is 16.3 Å². The molecule has 0 aliphatic rings. The van der Waals surface area contributed by atoms with E-state index in [0.717, 1.165) is 29.8 Å². The van der Waals surface area contributed by atoms with Crippen molar-refractivity contribution in [2.75, 3.05) is 6.54 Å². The Hall–Kier alpha value is -1.94. The van der Waals surface area contributed by atoms with Crippen LogP contribution in [-0.2, 0) is 13.1 Å². The van der Waals surface area contributed by atoms with Crippen LogP contribution in [0.4, 0.5) is 0 Å². The number of nitrogens with zero attached hydrogens (tertiary/aromatic N) is 2. The Kier molecular flexibility index (Phi) is 5.90. The van der Waals surface area contributed by atoms with Gasteiger partial charge in [-0.25, -0.2) is 4.68 Å². The molecule has 22 heavy (non-hydrogen) atoms. The van der Waals surface area contributed by atoms with E-state index in [1.165, 1.54) is 0 Å². The molecule has 1 aromatic heterocycles. The van der Waals surface area contributed by atoms with Gasteiger partial charge in [-0.2, -0.15) is 5.10 Å². The maximum absolute atomic E-state index is 12.5. The topological polar surface area (TPSA) is 46.9 Å². The highest BCUT2D eigenvalue weighted by Gasteiger charge is 2.09. The summed E-state index contributed by atoms with van der Waals surface area (Å²) in [6.07, 6.45) is 0.893. The smallest absolute Gasteiger partial charge is 0.271 e. The van der Waals surface area contributed by atoms with Crippen molar-refractivity contribution in [1.29, 1.82) is 0 Å². The number of benzene rings is 1. The van der Waals surface area contributed by atoms with Gasteiger partial charge in [0, 0.05) is 24.2 Å². The fourth-order valence-corrected chi connectivity index (χ4v) is 2.33. The van der Waals surface area contributed by atoms with E-state index in [-0.39, 0.29) is 5.56 Å². The number of rotatable bonds is 7. The molecule has 4 nitrogen and oxygen atoms in total. The van der Waals surface area contributed by atoms with Crippen molar-refractivity contribution in [2.45, 2.75) is 40.3 Å². The summed E-state index contributed by atoms with van der Waals surface area (Å²) in [6, 6.07) is 11.9. The quantitative estimate of drug-likeness (QED) is 0.854. The molecule has 1 aromatic carbocycles. The van der Waals surface area contributed by atoms with E-state index in [4.69, 9.17) is 0 Å². The van der Waals surface area contributed by atoms with Gasteiger partial charge < -0.3 is 5.32 Å². The van der Waals surface area contributed by atoms with Crippen molar-refractivity contribution >= 4 is 0 Å². The average molecular weight is 299 g/mol. The summed E-state index contributed by atoms with van der Waals surface area (Å²) in [5.74, 6) is 0.563. The molecule has 0 saturated carbocycles. The zero-order chi connectivity index (χ0) is 15.9. The van der Waals surface area contributed by atoms with E-state index in [1.54, 1.807) is 4.68 Å². The highest BCUT2D eigenvalue weighted by molar-refractivity contribution is 5.58. The van der Waals surface area contributed by atoms with E-state index in [1.807, 2.05) is 36.4 Å². The molecule has 0 radical (unpaired) electrons. The molecule has 118 valence electrons. The Morgan fingerprint density at radius 1 is 1.23 bits per heavy atom. The maximum atomic E-state index is 12.5. The lowest BCUT2D eigenvalue weighted by Crippen LogP contribution is -2.30. The molecule has 2 aromatic rings. The molecular weight excluding hydrogens is 274 g/mol. The van der Waals surface area contributed by atoms with Crippen LogP contribution < -0.4 is 10.9 Å². The minimum Gasteiger partial charge on any atom is -0.312 e. The third-order valence-electron chi connectivity index (χ3n) is 3.42. The van der Waals surface area contributed by atoms with Gasteiger partial charge in [0.25, 0.3) is 5.56 Å². The molecule has 0 aliphatic carbocycles. The van der Waals surface area contributed by atoms with Crippen LogP contribution in [0.3, 0.4) is 0 Å². The minimum absolute atomic E-state index is 0.0118. The summed E-state index contributed by atoms with van der Waals surface area (Å²) in [5.41, 5.74) is 2.69. The minimum atomic E-state index is 0.0118. The zero-order valence-corrected chi connectivity index (χ0v) is 13.7. The van der Waals surface area contributed by atoms with Crippen LogP contribution in [0.2, 0.25) is 0 Å². The van der Waals surface area contributed by atoms with Gasteiger partial charge >= 0.3 is 0 Å². The average Bonchev–Trinajstić information content (AvgIpc) is 2.51. The molecular formula is C18H25N3O. The lowest BCUT2D eigenvalue weighted by atomic mass is 10.1. The first-order valence-corrected chi connectivity index (χ1v) is 7.99. The van der Waals surface area contributed by atoms with Crippen molar-refractivity contribution < 1.29 is 0 Å². The standard InChI is InChI=1S/C18H25N3O/c1-4-10-21-18(22)16(13-19-12-14(2)3)11-17(20-21)15-8-6-5-7-9-15/h5-9,11,14,19H,4,10,12-13H2,1-3H3. The van der Waals surface area contributed by atoms with Gasteiger partial charge in [-0.15, -0.1) is 0 Å². The number of aromatic nitrogens is 2. The molecule has 4 heteroatoms. The van der Waals surface area contributed by atoms with Crippen LogP contribution in [0.25, 0.3) is 11.3 Å². The van der Waals surface area contributed by atoms with Gasteiger partial charge in [0.15, 0.2) is 0 Å². The molecule has 0 amide bonds. The molecule has 0 bridgehead atoms. The number of nitrogens with one attached hydrogen (secondary N) is 1. The van der Waals surface area contributed by atoms with Crippen molar-refractivity contribution in [2.24, 2.45) is 5.92 Å². The maximum Gasteiger partial charge on any atom is 0.271 e. The monoisotopic (exact) mass is 299 g/mol. The number of hydrogen-bond acceptors (Lipinski definition) is 3. The largest absolute Gasteiger partial charge is 0.312 e.